The molecule has 1 aromatic carbocycles. The van der Waals surface area contributed by atoms with Gasteiger partial charge in [-0.2, -0.15) is 0 Å². The molecule has 0 amide bonds. The van der Waals surface area contributed by atoms with Crippen LogP contribution < -0.4 is 4.74 Å². The average Bonchev–Trinajstić information content (AvgIpc) is 2.86. The molecule has 0 spiro atoms. The van der Waals surface area contributed by atoms with Gasteiger partial charge in [-0.05, 0) is 31.2 Å². The molecule has 0 fully saturated rings. The molecule has 0 bridgehead atoms. The molecule has 0 unspecified atom stereocenters. The summed E-state index contributed by atoms with van der Waals surface area (Å²) in [6, 6.07) is 13.3. The van der Waals surface area contributed by atoms with Crippen molar-refractivity contribution in [3.05, 3.63) is 52.2 Å². The number of hydrogen-bond donors (Lipinski definition) is 0. The Kier molecular flexibility index (Phi) is 5.12. The minimum Gasteiger partial charge on any atom is -0.491 e. The highest BCUT2D eigenvalue weighted by Gasteiger charge is 2.07. The molecule has 3 nitrogen and oxygen atoms in total. The fourth-order valence-corrected chi connectivity index (χ4v) is 2.35. The van der Waals surface area contributed by atoms with Crippen LogP contribution in [0.1, 0.15) is 14.5 Å². The number of carbonyl (C=O) groups is 1. The van der Waals surface area contributed by atoms with E-state index in [9.17, 15) is 4.79 Å². The van der Waals surface area contributed by atoms with Crippen molar-refractivity contribution in [3.63, 3.8) is 0 Å². The zero-order valence-electron chi connectivity index (χ0n) is 10.8. The zero-order chi connectivity index (χ0) is 13.5. The zero-order valence-corrected chi connectivity index (χ0v) is 11.6. The lowest BCUT2D eigenvalue weighted by atomic mass is 10.3. The van der Waals surface area contributed by atoms with Gasteiger partial charge in [-0.15, -0.1) is 11.3 Å². The Morgan fingerprint density at radius 1 is 1.11 bits per heavy atom. The Labute approximate surface area is 116 Å². The van der Waals surface area contributed by atoms with Gasteiger partial charge in [0.1, 0.15) is 19.0 Å². The van der Waals surface area contributed by atoms with Gasteiger partial charge in [-0.1, -0.05) is 18.2 Å². The second kappa shape index (κ2) is 7.07. The standard InChI is InChI=1S/C15H16O3S/c1-12-7-8-15(19-12)14(16)11-17-9-10-18-13-5-3-2-4-6-13/h2-8H,9-11H2,1H3. The van der Waals surface area contributed by atoms with Gasteiger partial charge in [0.15, 0.2) is 5.78 Å². The van der Waals surface area contributed by atoms with Crippen molar-refractivity contribution >= 4 is 17.1 Å². The van der Waals surface area contributed by atoms with Crippen LogP contribution in [-0.2, 0) is 4.74 Å². The van der Waals surface area contributed by atoms with Gasteiger partial charge in [-0.3, -0.25) is 4.79 Å². The van der Waals surface area contributed by atoms with E-state index in [-0.39, 0.29) is 12.4 Å². The third-order valence-electron chi connectivity index (χ3n) is 2.49. The first-order valence-electron chi connectivity index (χ1n) is 6.11. The number of para-hydroxylation sites is 1. The Balaban J connectivity index is 1.63. The summed E-state index contributed by atoms with van der Waals surface area (Å²) in [6.07, 6.45) is 0. The summed E-state index contributed by atoms with van der Waals surface area (Å²) < 4.78 is 10.8. The van der Waals surface area contributed by atoms with Crippen LogP contribution in [-0.4, -0.2) is 25.6 Å². The van der Waals surface area contributed by atoms with E-state index >= 15 is 0 Å². The summed E-state index contributed by atoms with van der Waals surface area (Å²) >= 11 is 1.50. The van der Waals surface area contributed by atoms with E-state index in [1.807, 2.05) is 49.4 Å². The van der Waals surface area contributed by atoms with Crippen molar-refractivity contribution in [2.45, 2.75) is 6.92 Å². The second-order valence-electron chi connectivity index (χ2n) is 4.05. The van der Waals surface area contributed by atoms with Crippen LogP contribution in [0.15, 0.2) is 42.5 Å². The average molecular weight is 276 g/mol. The summed E-state index contributed by atoms with van der Waals surface area (Å²) in [6.45, 7) is 2.94. The molecule has 4 heteroatoms. The maximum absolute atomic E-state index is 11.7. The van der Waals surface area contributed by atoms with Crippen molar-refractivity contribution in [2.24, 2.45) is 0 Å². The third kappa shape index (κ3) is 4.50. The molecular formula is C15H16O3S. The van der Waals surface area contributed by atoms with Crippen molar-refractivity contribution in [2.75, 3.05) is 19.8 Å². The van der Waals surface area contributed by atoms with Gasteiger partial charge >= 0.3 is 0 Å². The lowest BCUT2D eigenvalue weighted by Crippen LogP contribution is -2.12. The van der Waals surface area contributed by atoms with E-state index < -0.39 is 0 Å². The highest BCUT2D eigenvalue weighted by Crippen LogP contribution is 2.15. The number of ketones is 1. The molecule has 0 radical (unpaired) electrons. The molecule has 19 heavy (non-hydrogen) atoms. The Morgan fingerprint density at radius 2 is 1.89 bits per heavy atom. The summed E-state index contributed by atoms with van der Waals surface area (Å²) in [5, 5.41) is 0. The first kappa shape index (κ1) is 13.8. The van der Waals surface area contributed by atoms with Crippen LogP contribution >= 0.6 is 11.3 Å². The lowest BCUT2D eigenvalue weighted by molar-refractivity contribution is 0.0692. The van der Waals surface area contributed by atoms with Gasteiger partial charge in [0.2, 0.25) is 0 Å². The maximum atomic E-state index is 11.7. The van der Waals surface area contributed by atoms with E-state index in [1.165, 1.54) is 11.3 Å². The highest BCUT2D eigenvalue weighted by atomic mass is 32.1. The minimum absolute atomic E-state index is 0.0258. The monoisotopic (exact) mass is 276 g/mol. The quantitative estimate of drug-likeness (QED) is 0.575. The van der Waals surface area contributed by atoms with E-state index in [4.69, 9.17) is 9.47 Å². The molecular weight excluding hydrogens is 260 g/mol. The van der Waals surface area contributed by atoms with Crippen LogP contribution in [0, 0.1) is 6.92 Å². The smallest absolute Gasteiger partial charge is 0.198 e. The SMILES string of the molecule is Cc1ccc(C(=O)COCCOc2ccccc2)s1. The van der Waals surface area contributed by atoms with Crippen molar-refractivity contribution in [1.29, 1.82) is 0 Å². The van der Waals surface area contributed by atoms with Gasteiger partial charge in [0.25, 0.3) is 0 Å². The number of aryl methyl sites for hydroxylation is 1. The van der Waals surface area contributed by atoms with E-state index in [0.29, 0.717) is 13.2 Å². The predicted molar refractivity (Wildman–Crippen MR) is 76.1 cm³/mol. The summed E-state index contributed by atoms with van der Waals surface area (Å²) in [4.78, 5) is 13.6. The molecule has 1 heterocycles. The number of carbonyl (C=O) groups excluding carboxylic acids is 1. The van der Waals surface area contributed by atoms with E-state index in [1.54, 1.807) is 0 Å². The van der Waals surface area contributed by atoms with Gasteiger partial charge in [-0.25, -0.2) is 0 Å². The van der Waals surface area contributed by atoms with Crippen LogP contribution in [0.2, 0.25) is 0 Å². The number of Topliss-reactive ketones (excluding diaryl/α,β-unsaturated/α-hetero) is 1. The normalized spacial score (nSPS) is 10.4. The van der Waals surface area contributed by atoms with Crippen LogP contribution in [0.3, 0.4) is 0 Å². The van der Waals surface area contributed by atoms with Crippen LogP contribution in [0.5, 0.6) is 5.75 Å². The number of rotatable bonds is 7. The van der Waals surface area contributed by atoms with Crippen LogP contribution in [0.25, 0.3) is 0 Å². The van der Waals surface area contributed by atoms with Gasteiger partial charge in [0, 0.05) is 4.88 Å². The molecule has 100 valence electrons. The van der Waals surface area contributed by atoms with Crippen molar-refractivity contribution in [3.8, 4) is 5.75 Å². The van der Waals surface area contributed by atoms with Crippen molar-refractivity contribution in [1.82, 2.24) is 0 Å². The summed E-state index contributed by atoms with van der Waals surface area (Å²) in [7, 11) is 0. The molecule has 0 atom stereocenters. The molecule has 1 aromatic heterocycles. The Bertz CT molecular complexity index is 519. The lowest BCUT2D eigenvalue weighted by Gasteiger charge is -2.06. The molecule has 0 saturated heterocycles. The number of benzene rings is 1. The number of thiophene rings is 1. The molecule has 2 rings (SSSR count). The van der Waals surface area contributed by atoms with E-state index in [2.05, 4.69) is 0 Å². The van der Waals surface area contributed by atoms with Crippen molar-refractivity contribution < 1.29 is 14.3 Å². The predicted octanol–water partition coefficient (Wildman–Crippen LogP) is 3.33. The first-order valence-corrected chi connectivity index (χ1v) is 6.92. The Morgan fingerprint density at radius 3 is 2.58 bits per heavy atom. The summed E-state index contributed by atoms with van der Waals surface area (Å²) in [5.41, 5.74) is 0. The topological polar surface area (TPSA) is 35.5 Å². The molecule has 0 N–H and O–H groups in total. The number of hydrogen-bond acceptors (Lipinski definition) is 4. The first-order chi connectivity index (χ1) is 9.25. The summed E-state index contributed by atoms with van der Waals surface area (Å²) in [5.74, 6) is 0.837. The third-order valence-corrected chi connectivity index (χ3v) is 3.53. The minimum atomic E-state index is 0.0258. The van der Waals surface area contributed by atoms with Gasteiger partial charge in [0.05, 0.1) is 11.5 Å². The largest absolute Gasteiger partial charge is 0.491 e. The molecule has 0 aliphatic heterocycles. The van der Waals surface area contributed by atoms with Crippen LogP contribution in [0.4, 0.5) is 0 Å². The highest BCUT2D eigenvalue weighted by molar-refractivity contribution is 7.14. The van der Waals surface area contributed by atoms with Gasteiger partial charge < -0.3 is 9.47 Å². The molecule has 2 aromatic rings. The molecule has 0 saturated carbocycles. The fraction of sp³-hybridized carbons (Fsp3) is 0.267. The number of ether oxygens (including phenoxy) is 2. The van der Waals surface area contributed by atoms with E-state index in [0.717, 1.165) is 15.5 Å². The maximum Gasteiger partial charge on any atom is 0.198 e. The Hall–Kier alpha value is -1.65. The fourth-order valence-electron chi connectivity index (χ4n) is 1.56. The molecule has 0 aliphatic rings. The molecule has 0 aliphatic carbocycles. The second-order valence-corrected chi connectivity index (χ2v) is 5.34.